The molecule has 0 bridgehead atoms. The van der Waals surface area contributed by atoms with E-state index in [4.69, 9.17) is 11.0 Å². The van der Waals surface area contributed by atoms with Crippen LogP contribution in [0, 0.1) is 17.1 Å². The van der Waals surface area contributed by atoms with Crippen LogP contribution in [-0.2, 0) is 6.54 Å². The molecule has 116 valence electrons. The van der Waals surface area contributed by atoms with Crippen molar-refractivity contribution < 1.29 is 4.39 Å². The van der Waals surface area contributed by atoms with Gasteiger partial charge in [-0.3, -0.25) is 0 Å². The zero-order valence-corrected chi connectivity index (χ0v) is 13.0. The summed E-state index contributed by atoms with van der Waals surface area (Å²) in [5.41, 5.74) is 9.29. The summed E-state index contributed by atoms with van der Waals surface area (Å²) in [4.78, 5) is 5.01. The van der Waals surface area contributed by atoms with Crippen molar-refractivity contribution in [1.29, 1.82) is 5.26 Å². The van der Waals surface area contributed by atoms with Gasteiger partial charge in [-0.05, 0) is 43.4 Å². The normalized spacial score (nSPS) is 11.1. The number of halogens is 1. The number of nitrogens with two attached hydrogens (primary N) is 1. The van der Waals surface area contributed by atoms with Crippen LogP contribution in [0.25, 0.3) is 22.0 Å². The van der Waals surface area contributed by atoms with Gasteiger partial charge >= 0.3 is 0 Å². The molecule has 0 fully saturated rings. The third kappa shape index (κ3) is 2.77. The standard InChI is InChI=1S/C18H17FN4/c1-23(2)10-11-3-6-16(19)14(7-11)12-4-5-13-15(9-20)18(21)22-17(13)8-12/h3-8,22H,10,21H2,1-2H3. The molecule has 0 saturated carbocycles. The Labute approximate surface area is 133 Å². The van der Waals surface area contributed by atoms with E-state index in [0.717, 1.165) is 28.6 Å². The van der Waals surface area contributed by atoms with E-state index in [1.165, 1.54) is 6.07 Å². The summed E-state index contributed by atoms with van der Waals surface area (Å²) < 4.78 is 14.2. The van der Waals surface area contributed by atoms with Gasteiger partial charge in [0.2, 0.25) is 0 Å². The number of aromatic amines is 1. The van der Waals surface area contributed by atoms with Crippen LogP contribution in [0.4, 0.5) is 10.2 Å². The Morgan fingerprint density at radius 1 is 1.22 bits per heavy atom. The van der Waals surface area contributed by atoms with E-state index in [1.807, 2.05) is 37.2 Å². The first-order valence-corrected chi connectivity index (χ1v) is 7.24. The van der Waals surface area contributed by atoms with Gasteiger partial charge in [-0.2, -0.15) is 5.26 Å². The maximum absolute atomic E-state index is 14.2. The average Bonchev–Trinajstić information content (AvgIpc) is 2.82. The lowest BCUT2D eigenvalue weighted by Gasteiger charge is -2.12. The summed E-state index contributed by atoms with van der Waals surface area (Å²) in [6.45, 7) is 0.740. The summed E-state index contributed by atoms with van der Waals surface area (Å²) in [6, 6.07) is 12.7. The monoisotopic (exact) mass is 308 g/mol. The van der Waals surface area contributed by atoms with Gasteiger partial charge in [0.1, 0.15) is 23.3 Å². The molecule has 0 aliphatic heterocycles. The van der Waals surface area contributed by atoms with Gasteiger partial charge in [0.15, 0.2) is 0 Å². The number of nitrogens with one attached hydrogen (secondary N) is 1. The molecule has 23 heavy (non-hydrogen) atoms. The fourth-order valence-corrected chi connectivity index (χ4v) is 2.76. The third-order valence-corrected chi connectivity index (χ3v) is 3.78. The number of aromatic nitrogens is 1. The highest BCUT2D eigenvalue weighted by molar-refractivity contribution is 5.93. The van der Waals surface area contributed by atoms with Crippen molar-refractivity contribution in [3.63, 3.8) is 0 Å². The van der Waals surface area contributed by atoms with Crippen LogP contribution < -0.4 is 5.73 Å². The first kappa shape index (κ1) is 15.1. The highest BCUT2D eigenvalue weighted by Gasteiger charge is 2.12. The number of H-pyrrole nitrogens is 1. The maximum atomic E-state index is 14.2. The minimum Gasteiger partial charge on any atom is -0.384 e. The predicted molar refractivity (Wildman–Crippen MR) is 90.2 cm³/mol. The molecule has 0 amide bonds. The van der Waals surface area contributed by atoms with Crippen LogP contribution in [0.15, 0.2) is 36.4 Å². The predicted octanol–water partition coefficient (Wildman–Crippen LogP) is 3.49. The van der Waals surface area contributed by atoms with Crippen molar-refractivity contribution in [2.24, 2.45) is 0 Å². The first-order chi connectivity index (χ1) is 11.0. The van der Waals surface area contributed by atoms with Gasteiger partial charge < -0.3 is 15.6 Å². The van der Waals surface area contributed by atoms with E-state index in [0.29, 0.717) is 16.9 Å². The second-order valence-electron chi connectivity index (χ2n) is 5.84. The van der Waals surface area contributed by atoms with Crippen LogP contribution in [0.1, 0.15) is 11.1 Å². The highest BCUT2D eigenvalue weighted by Crippen LogP contribution is 2.30. The minimum absolute atomic E-state index is 0.271. The minimum atomic E-state index is -0.271. The van der Waals surface area contributed by atoms with E-state index in [9.17, 15) is 4.39 Å². The second-order valence-corrected chi connectivity index (χ2v) is 5.84. The van der Waals surface area contributed by atoms with Gasteiger partial charge in [-0.25, -0.2) is 4.39 Å². The topological polar surface area (TPSA) is 68.8 Å². The summed E-state index contributed by atoms with van der Waals surface area (Å²) in [6.07, 6.45) is 0. The number of nitrogen functional groups attached to an aromatic ring is 1. The zero-order valence-electron chi connectivity index (χ0n) is 13.0. The van der Waals surface area contributed by atoms with Crippen LogP contribution in [-0.4, -0.2) is 24.0 Å². The molecular formula is C18H17FN4. The number of fused-ring (bicyclic) bond motifs is 1. The Balaban J connectivity index is 2.11. The van der Waals surface area contributed by atoms with Crippen LogP contribution in [0.2, 0.25) is 0 Å². The van der Waals surface area contributed by atoms with Crippen LogP contribution in [0.5, 0.6) is 0 Å². The van der Waals surface area contributed by atoms with E-state index >= 15 is 0 Å². The van der Waals surface area contributed by atoms with Crippen LogP contribution in [0.3, 0.4) is 0 Å². The van der Waals surface area contributed by atoms with E-state index < -0.39 is 0 Å². The molecule has 0 aliphatic carbocycles. The lowest BCUT2D eigenvalue weighted by molar-refractivity contribution is 0.402. The number of anilines is 1. The van der Waals surface area contributed by atoms with Crippen molar-refractivity contribution >= 4 is 16.7 Å². The number of rotatable bonds is 3. The quantitative estimate of drug-likeness (QED) is 0.778. The molecule has 0 saturated heterocycles. The number of nitrogens with zero attached hydrogens (tertiary/aromatic N) is 2. The number of hydrogen-bond acceptors (Lipinski definition) is 3. The SMILES string of the molecule is CN(C)Cc1ccc(F)c(-c2ccc3c(C#N)c(N)[nH]c3c2)c1. The molecule has 0 atom stereocenters. The molecule has 3 N–H and O–H groups in total. The van der Waals surface area contributed by atoms with Gasteiger partial charge in [-0.15, -0.1) is 0 Å². The van der Waals surface area contributed by atoms with Crippen molar-refractivity contribution in [2.75, 3.05) is 19.8 Å². The van der Waals surface area contributed by atoms with Crippen molar-refractivity contribution in [1.82, 2.24) is 9.88 Å². The molecule has 3 rings (SSSR count). The molecule has 0 aliphatic rings. The number of nitriles is 1. The van der Waals surface area contributed by atoms with Crippen molar-refractivity contribution in [3.05, 3.63) is 53.3 Å². The van der Waals surface area contributed by atoms with Gasteiger partial charge in [0, 0.05) is 23.0 Å². The zero-order chi connectivity index (χ0) is 16.6. The maximum Gasteiger partial charge on any atom is 0.131 e. The molecule has 5 heteroatoms. The molecule has 0 radical (unpaired) electrons. The summed E-state index contributed by atoms with van der Waals surface area (Å²) in [7, 11) is 3.94. The first-order valence-electron chi connectivity index (χ1n) is 7.24. The Morgan fingerprint density at radius 3 is 2.70 bits per heavy atom. The van der Waals surface area contributed by atoms with E-state index in [-0.39, 0.29) is 5.82 Å². The van der Waals surface area contributed by atoms with E-state index in [1.54, 1.807) is 12.1 Å². The molecule has 0 spiro atoms. The smallest absolute Gasteiger partial charge is 0.131 e. The number of benzene rings is 2. The lowest BCUT2D eigenvalue weighted by Crippen LogP contribution is -2.10. The Hall–Kier alpha value is -2.84. The third-order valence-electron chi connectivity index (χ3n) is 3.78. The fourth-order valence-electron chi connectivity index (χ4n) is 2.76. The van der Waals surface area contributed by atoms with Crippen molar-refractivity contribution in [2.45, 2.75) is 6.54 Å². The molecule has 4 nitrogen and oxygen atoms in total. The summed E-state index contributed by atoms with van der Waals surface area (Å²) >= 11 is 0. The second kappa shape index (κ2) is 5.75. The van der Waals surface area contributed by atoms with Crippen LogP contribution >= 0.6 is 0 Å². The Kier molecular flexibility index (Phi) is 3.77. The molecule has 1 aromatic heterocycles. The highest BCUT2D eigenvalue weighted by atomic mass is 19.1. The average molecular weight is 308 g/mol. The Bertz CT molecular complexity index is 919. The molecule has 3 aromatic rings. The van der Waals surface area contributed by atoms with Gasteiger partial charge in [0.05, 0.1) is 0 Å². The van der Waals surface area contributed by atoms with Gasteiger partial charge in [-0.1, -0.05) is 18.2 Å². The number of hydrogen-bond donors (Lipinski definition) is 2. The fraction of sp³-hybridized carbons (Fsp3) is 0.167. The largest absolute Gasteiger partial charge is 0.384 e. The van der Waals surface area contributed by atoms with Gasteiger partial charge in [0.25, 0.3) is 0 Å². The summed E-state index contributed by atoms with van der Waals surface area (Å²) in [5.74, 6) is 0.0633. The molecule has 0 unspecified atom stereocenters. The van der Waals surface area contributed by atoms with Crippen molar-refractivity contribution in [3.8, 4) is 17.2 Å². The molecule has 1 heterocycles. The molecular weight excluding hydrogens is 291 g/mol. The Morgan fingerprint density at radius 2 is 2.00 bits per heavy atom. The molecule has 2 aromatic carbocycles. The lowest BCUT2D eigenvalue weighted by atomic mass is 10.0. The summed E-state index contributed by atoms with van der Waals surface area (Å²) in [5, 5.41) is 9.89. The van der Waals surface area contributed by atoms with E-state index in [2.05, 4.69) is 11.1 Å².